The lowest BCUT2D eigenvalue weighted by atomic mass is 9.78. The summed E-state index contributed by atoms with van der Waals surface area (Å²) in [6.07, 6.45) is 3.92. The third-order valence-corrected chi connectivity index (χ3v) is 3.87. The average molecular weight is 270 g/mol. The van der Waals surface area contributed by atoms with Gasteiger partial charge in [-0.25, -0.2) is 0 Å². The van der Waals surface area contributed by atoms with Crippen molar-refractivity contribution in [3.8, 4) is 5.75 Å². The van der Waals surface area contributed by atoms with Crippen molar-refractivity contribution in [3.63, 3.8) is 0 Å². The third-order valence-electron chi connectivity index (χ3n) is 3.87. The zero-order chi connectivity index (χ0) is 13.8. The van der Waals surface area contributed by atoms with Crippen LogP contribution in [0.25, 0.3) is 0 Å². The lowest BCUT2D eigenvalue weighted by Crippen LogP contribution is -2.20. The Morgan fingerprint density at radius 2 is 1.89 bits per heavy atom. The number of hydrogen-bond donors (Lipinski definition) is 1. The molecule has 0 bridgehead atoms. The van der Waals surface area contributed by atoms with Crippen molar-refractivity contribution >= 4 is 0 Å². The number of hydrogen-bond acceptors (Lipinski definition) is 2. The number of benzene rings is 1. The number of aliphatic hydroxyl groups excluding tert-OH is 1. The first-order valence-corrected chi connectivity index (χ1v) is 6.79. The average Bonchev–Trinajstić information content (AvgIpc) is 2.38. The van der Waals surface area contributed by atoms with Gasteiger partial charge in [0, 0.05) is 0 Å². The van der Waals surface area contributed by atoms with Crippen LogP contribution in [0.1, 0.15) is 44.3 Å². The molecule has 1 saturated carbocycles. The monoisotopic (exact) mass is 270 g/mol. The minimum atomic E-state index is -2.81. The number of ether oxygens (including phenoxy) is 1. The quantitative estimate of drug-likeness (QED) is 0.890. The molecule has 1 aromatic carbocycles. The van der Waals surface area contributed by atoms with E-state index in [0.29, 0.717) is 5.92 Å². The first-order chi connectivity index (χ1) is 9.06. The molecule has 0 radical (unpaired) electrons. The maximum atomic E-state index is 12.0. The summed E-state index contributed by atoms with van der Waals surface area (Å²) in [6, 6.07) is 6.30. The molecule has 1 aliphatic rings. The van der Waals surface area contributed by atoms with E-state index in [4.69, 9.17) is 0 Å². The Labute approximate surface area is 112 Å². The highest BCUT2D eigenvalue weighted by Gasteiger charge is 2.26. The summed E-state index contributed by atoms with van der Waals surface area (Å²) in [7, 11) is 0. The summed E-state index contributed by atoms with van der Waals surface area (Å²) in [5, 5.41) is 10.3. The molecule has 0 saturated heterocycles. The van der Waals surface area contributed by atoms with Crippen LogP contribution in [0.5, 0.6) is 5.75 Å². The Morgan fingerprint density at radius 1 is 1.21 bits per heavy atom. The lowest BCUT2D eigenvalue weighted by molar-refractivity contribution is -0.0498. The number of rotatable bonds is 4. The molecule has 1 aromatic rings. The van der Waals surface area contributed by atoms with Crippen LogP contribution >= 0.6 is 0 Å². The highest BCUT2D eigenvalue weighted by Crippen LogP contribution is 2.37. The van der Waals surface area contributed by atoms with Gasteiger partial charge in [0.25, 0.3) is 0 Å². The largest absolute Gasteiger partial charge is 0.435 e. The van der Waals surface area contributed by atoms with E-state index in [1.165, 1.54) is 18.6 Å². The van der Waals surface area contributed by atoms with Gasteiger partial charge in [0.2, 0.25) is 0 Å². The zero-order valence-corrected chi connectivity index (χ0v) is 11.1. The molecule has 3 unspecified atom stereocenters. The van der Waals surface area contributed by atoms with Gasteiger partial charge in [-0.2, -0.15) is 8.78 Å². The molecular weight excluding hydrogens is 250 g/mol. The summed E-state index contributed by atoms with van der Waals surface area (Å²) in [5.74, 6) is 1.04. The molecule has 1 N–H and O–H groups in total. The molecule has 0 amide bonds. The fourth-order valence-corrected chi connectivity index (χ4v) is 2.89. The van der Waals surface area contributed by atoms with E-state index >= 15 is 0 Å². The van der Waals surface area contributed by atoms with Gasteiger partial charge in [-0.1, -0.05) is 31.9 Å². The molecule has 0 aromatic heterocycles. The van der Waals surface area contributed by atoms with E-state index in [-0.39, 0.29) is 11.7 Å². The molecular formula is C15H20F2O2. The van der Waals surface area contributed by atoms with E-state index in [0.717, 1.165) is 24.8 Å². The molecule has 3 atom stereocenters. The Bertz CT molecular complexity index is 392. The van der Waals surface area contributed by atoms with E-state index in [2.05, 4.69) is 11.7 Å². The van der Waals surface area contributed by atoms with Crippen LogP contribution in [0.15, 0.2) is 24.3 Å². The molecule has 0 aliphatic heterocycles. The van der Waals surface area contributed by atoms with Crippen LogP contribution in [-0.2, 0) is 0 Å². The number of aliphatic hydroxyl groups is 1. The van der Waals surface area contributed by atoms with Crippen molar-refractivity contribution in [1.29, 1.82) is 0 Å². The highest BCUT2D eigenvalue weighted by atomic mass is 19.3. The van der Waals surface area contributed by atoms with E-state index in [9.17, 15) is 13.9 Å². The zero-order valence-electron chi connectivity index (χ0n) is 11.1. The normalized spacial score (nSPS) is 25.3. The second-order valence-corrected chi connectivity index (χ2v) is 5.42. The van der Waals surface area contributed by atoms with Gasteiger partial charge in [-0.3, -0.25) is 0 Å². The van der Waals surface area contributed by atoms with Crippen LogP contribution in [0.3, 0.4) is 0 Å². The van der Waals surface area contributed by atoms with Gasteiger partial charge in [0.1, 0.15) is 5.75 Å². The molecule has 19 heavy (non-hydrogen) atoms. The van der Waals surface area contributed by atoms with Crippen molar-refractivity contribution in [2.45, 2.75) is 45.3 Å². The summed E-state index contributed by atoms with van der Waals surface area (Å²) in [6.45, 7) is -0.603. The fraction of sp³-hybridized carbons (Fsp3) is 0.600. The van der Waals surface area contributed by atoms with E-state index < -0.39 is 12.7 Å². The molecule has 106 valence electrons. The standard InChI is InChI=1S/C15H20F2O2/c1-10-3-2-4-12(9-10)14(18)11-5-7-13(8-6-11)19-15(16)17/h5-8,10,12,14-15,18H,2-4,9H2,1H3. The second kappa shape index (κ2) is 6.33. The molecule has 0 spiro atoms. The second-order valence-electron chi connectivity index (χ2n) is 5.42. The molecule has 1 fully saturated rings. The van der Waals surface area contributed by atoms with E-state index in [1.54, 1.807) is 12.1 Å². The molecule has 0 heterocycles. The SMILES string of the molecule is CC1CCCC(C(O)c2ccc(OC(F)F)cc2)C1. The number of halogens is 2. The Balaban J connectivity index is 2.00. The van der Waals surface area contributed by atoms with Crippen molar-refractivity contribution in [3.05, 3.63) is 29.8 Å². The maximum Gasteiger partial charge on any atom is 0.387 e. The van der Waals surface area contributed by atoms with Crippen molar-refractivity contribution < 1.29 is 18.6 Å². The van der Waals surface area contributed by atoms with Crippen LogP contribution in [0.2, 0.25) is 0 Å². The molecule has 1 aliphatic carbocycles. The minimum absolute atomic E-state index is 0.128. The van der Waals surface area contributed by atoms with Gasteiger partial charge in [-0.05, 0) is 42.4 Å². The first-order valence-electron chi connectivity index (χ1n) is 6.79. The van der Waals surface area contributed by atoms with Gasteiger partial charge < -0.3 is 9.84 Å². The van der Waals surface area contributed by atoms with Gasteiger partial charge in [0.05, 0.1) is 6.10 Å². The summed E-state index contributed by atoms with van der Waals surface area (Å²) in [5.41, 5.74) is 0.778. The van der Waals surface area contributed by atoms with Crippen molar-refractivity contribution in [2.24, 2.45) is 11.8 Å². The Hall–Kier alpha value is -1.16. The van der Waals surface area contributed by atoms with E-state index in [1.807, 2.05) is 0 Å². The van der Waals surface area contributed by atoms with Gasteiger partial charge in [-0.15, -0.1) is 0 Å². The summed E-state index contributed by atoms with van der Waals surface area (Å²) >= 11 is 0. The van der Waals surface area contributed by atoms with Crippen molar-refractivity contribution in [2.75, 3.05) is 0 Å². The Morgan fingerprint density at radius 3 is 2.47 bits per heavy atom. The predicted molar refractivity (Wildman–Crippen MR) is 69.2 cm³/mol. The lowest BCUT2D eigenvalue weighted by Gasteiger charge is -2.30. The van der Waals surface area contributed by atoms with Crippen LogP contribution in [-0.4, -0.2) is 11.7 Å². The molecule has 2 nitrogen and oxygen atoms in total. The fourth-order valence-electron chi connectivity index (χ4n) is 2.89. The Kier molecular flexibility index (Phi) is 4.75. The van der Waals surface area contributed by atoms with Crippen molar-refractivity contribution in [1.82, 2.24) is 0 Å². The predicted octanol–water partition coefficient (Wildman–Crippen LogP) is 4.15. The van der Waals surface area contributed by atoms with Gasteiger partial charge >= 0.3 is 6.61 Å². The van der Waals surface area contributed by atoms with Crippen LogP contribution < -0.4 is 4.74 Å². The van der Waals surface area contributed by atoms with Gasteiger partial charge in [0.15, 0.2) is 0 Å². The first kappa shape index (κ1) is 14.3. The molecule has 2 rings (SSSR count). The highest BCUT2D eigenvalue weighted by molar-refractivity contribution is 5.28. The maximum absolute atomic E-state index is 12.0. The third kappa shape index (κ3) is 3.90. The van der Waals surface area contributed by atoms with Crippen LogP contribution in [0.4, 0.5) is 8.78 Å². The summed E-state index contributed by atoms with van der Waals surface area (Å²) < 4.78 is 28.4. The van der Waals surface area contributed by atoms with Crippen LogP contribution in [0, 0.1) is 11.8 Å². The number of alkyl halides is 2. The topological polar surface area (TPSA) is 29.5 Å². The minimum Gasteiger partial charge on any atom is -0.435 e. The summed E-state index contributed by atoms with van der Waals surface area (Å²) in [4.78, 5) is 0. The molecule has 4 heteroatoms. The smallest absolute Gasteiger partial charge is 0.387 e.